The number of likely N-dealkylation sites (N-methyl/N-ethyl adjacent to an activating group) is 7. The standard InChI is InChI=1S/C12H15NO3.2C12H17NO.C9H17NO.C9H19NO.C7H15NO2.C5H11NO/c1-8(14)11(13-2)7-9-3-5-10(6-4-9)12(15)16;1-9-6-4-5-7-11(9)8-12(13-3)10(2)14;1-10(14)12(13(2)3)9-11-7-5-4-6-8-11;1-7(11)9(10-2)6-8-4-3-5-8;1-7(2)6-9(8(3)11)10(4)5;1-5(9)7(6(2)10)8(3)4;1-5(7)4-6(2)3/h3-6,11,13H,7H2,1-2H3,(H,15,16);4-7,12-13H,8H2,1-3H3;4-8,12H,9H2,1-3H3;8-10H,3-6H2,1-2H3;7,9H,6H2,1-5H3;5,7,9H,1-4H3;4H2,1-3H3/t11-;2*12-;2*9-;5-,7+;/m000001./s1. The average Bonchev–Trinajstić information content (AvgIpc) is 3.38. The van der Waals surface area contributed by atoms with Crippen LogP contribution in [-0.4, -0.2) is 203 Å². The molecule has 17 nitrogen and oxygen atoms in total. The number of carbonyl (C=O) groups is 8. The zero-order valence-electron chi connectivity index (χ0n) is 55.0. The van der Waals surface area contributed by atoms with Crippen molar-refractivity contribution in [1.29, 1.82) is 0 Å². The molecule has 5 N–H and O–H groups in total. The van der Waals surface area contributed by atoms with Gasteiger partial charge in [0.15, 0.2) is 0 Å². The number of nitrogens with zero attached hydrogens (tertiary/aromatic N) is 4. The number of rotatable bonds is 26. The largest absolute Gasteiger partial charge is 0.478 e. The van der Waals surface area contributed by atoms with Crippen LogP contribution in [0, 0.1) is 18.8 Å². The summed E-state index contributed by atoms with van der Waals surface area (Å²) < 4.78 is 0. The molecule has 17 heteroatoms. The van der Waals surface area contributed by atoms with Crippen LogP contribution in [0.2, 0.25) is 0 Å². The number of carboxylic acid groups (broad SMARTS) is 1. The van der Waals surface area contributed by atoms with E-state index in [1.165, 1.54) is 49.8 Å². The Balaban J connectivity index is -0.000000911. The fourth-order valence-corrected chi connectivity index (χ4v) is 8.82. The number of carboxylic acids is 1. The molecular formula is C66H111N7O10. The van der Waals surface area contributed by atoms with Gasteiger partial charge >= 0.3 is 5.97 Å². The van der Waals surface area contributed by atoms with E-state index in [9.17, 15) is 38.4 Å². The van der Waals surface area contributed by atoms with Gasteiger partial charge in [-0.1, -0.05) is 99.8 Å². The van der Waals surface area contributed by atoms with Crippen molar-refractivity contribution in [2.75, 3.05) is 84.1 Å². The lowest BCUT2D eigenvalue weighted by molar-refractivity contribution is -0.125. The number of nitrogens with one attached hydrogen (secondary N) is 3. The Morgan fingerprint density at radius 2 is 0.964 bits per heavy atom. The van der Waals surface area contributed by atoms with Crippen molar-refractivity contribution in [3.8, 4) is 0 Å². The third kappa shape index (κ3) is 39.6. The number of carbonyl (C=O) groups excluding carboxylic acids is 7. The quantitative estimate of drug-likeness (QED) is 0.0525. The Kier molecular flexibility index (Phi) is 45.2. The van der Waals surface area contributed by atoms with Gasteiger partial charge in [0.25, 0.3) is 0 Å². The van der Waals surface area contributed by atoms with Crippen LogP contribution in [0.15, 0.2) is 78.9 Å². The molecule has 7 atom stereocenters. The van der Waals surface area contributed by atoms with E-state index in [4.69, 9.17) is 10.2 Å². The van der Waals surface area contributed by atoms with Crippen molar-refractivity contribution in [2.24, 2.45) is 11.8 Å². The van der Waals surface area contributed by atoms with E-state index < -0.39 is 12.1 Å². The molecule has 0 heterocycles. The molecule has 1 saturated carbocycles. The SMILES string of the molecule is CC(=O)CN(C)C.CC(=O)[C@H](CC(C)C)N(C)C.CC(=O)[C@H](Cc1ccccc1)N(C)C.CC(=O)[C@H]([C@@H](C)O)N(C)C.CN[C@@H](CC1CCC1)C(C)=O.CN[C@@H](Cc1ccc(C(=O)O)cc1)C(C)=O.CN[C@@H](Cc1ccccc1C)C(C)=O. The lowest BCUT2D eigenvalue weighted by Crippen LogP contribution is -2.42. The highest BCUT2D eigenvalue weighted by atomic mass is 16.4. The van der Waals surface area contributed by atoms with Crippen LogP contribution in [0.3, 0.4) is 0 Å². The lowest BCUT2D eigenvalue weighted by Gasteiger charge is -2.28. The van der Waals surface area contributed by atoms with Crippen LogP contribution >= 0.6 is 0 Å². The van der Waals surface area contributed by atoms with Crippen LogP contribution in [-0.2, 0) is 52.8 Å². The number of aliphatic hydroxyl groups excluding tert-OH is 1. The van der Waals surface area contributed by atoms with E-state index in [0.29, 0.717) is 18.9 Å². The van der Waals surface area contributed by atoms with Gasteiger partial charge in [0.1, 0.15) is 40.5 Å². The summed E-state index contributed by atoms with van der Waals surface area (Å²) in [5, 5.41) is 26.8. The van der Waals surface area contributed by atoms with E-state index in [2.05, 4.69) is 61.0 Å². The Morgan fingerprint density at radius 1 is 0.530 bits per heavy atom. The fourth-order valence-electron chi connectivity index (χ4n) is 8.82. The van der Waals surface area contributed by atoms with Crippen molar-refractivity contribution in [1.82, 2.24) is 35.6 Å². The van der Waals surface area contributed by atoms with Gasteiger partial charge in [0, 0.05) is 0 Å². The van der Waals surface area contributed by atoms with Gasteiger partial charge in [-0.15, -0.1) is 0 Å². The summed E-state index contributed by atoms with van der Waals surface area (Å²) in [6.07, 6.45) is 7.57. The molecule has 0 unspecified atom stereocenters. The van der Waals surface area contributed by atoms with Gasteiger partial charge in [-0.2, -0.15) is 0 Å². The molecule has 0 aromatic heterocycles. The summed E-state index contributed by atoms with van der Waals surface area (Å²) in [6, 6.07) is 24.4. The molecule has 0 aliphatic heterocycles. The summed E-state index contributed by atoms with van der Waals surface area (Å²) in [7, 11) is 20.5. The van der Waals surface area contributed by atoms with Crippen LogP contribution in [0.4, 0.5) is 0 Å². The molecule has 0 radical (unpaired) electrons. The zero-order valence-corrected chi connectivity index (χ0v) is 55.0. The second kappa shape index (κ2) is 45.9. The highest BCUT2D eigenvalue weighted by molar-refractivity contribution is 5.88. The van der Waals surface area contributed by atoms with E-state index in [1.54, 1.807) is 91.9 Å². The van der Waals surface area contributed by atoms with Crippen molar-refractivity contribution in [3.05, 3.63) is 107 Å². The van der Waals surface area contributed by atoms with E-state index in [0.717, 1.165) is 37.2 Å². The second-order valence-electron chi connectivity index (χ2n) is 22.9. The first kappa shape index (κ1) is 81.7. The molecular weight excluding hydrogens is 1050 g/mol. The molecule has 1 aliphatic carbocycles. The molecule has 4 rings (SSSR count). The third-order valence-electron chi connectivity index (χ3n) is 13.8. The topological polar surface area (TPSA) is 226 Å². The van der Waals surface area contributed by atoms with Gasteiger partial charge in [-0.25, -0.2) is 4.79 Å². The van der Waals surface area contributed by atoms with Crippen LogP contribution in [0.5, 0.6) is 0 Å². The normalized spacial score (nSPS) is 14.1. The zero-order chi connectivity index (χ0) is 64.7. The third-order valence-corrected chi connectivity index (χ3v) is 13.8. The summed E-state index contributed by atoms with van der Waals surface area (Å²) in [4.78, 5) is 95.0. The Bertz CT molecular complexity index is 2310. The second-order valence-corrected chi connectivity index (χ2v) is 22.9. The van der Waals surface area contributed by atoms with Crippen LogP contribution in [0.1, 0.15) is 134 Å². The predicted molar refractivity (Wildman–Crippen MR) is 340 cm³/mol. The summed E-state index contributed by atoms with van der Waals surface area (Å²) in [6.45, 7) is 19.7. The Hall–Kier alpha value is -5.50. The van der Waals surface area contributed by atoms with Crippen molar-refractivity contribution < 1.29 is 48.6 Å². The van der Waals surface area contributed by atoms with Gasteiger partial charge in [-0.05, 0) is 218 Å². The van der Waals surface area contributed by atoms with Crippen molar-refractivity contribution in [2.45, 2.75) is 170 Å². The molecule has 1 fully saturated rings. The molecule has 3 aromatic rings. The summed E-state index contributed by atoms with van der Waals surface area (Å²) in [5.74, 6) is 1.71. The molecule has 3 aromatic carbocycles. The van der Waals surface area contributed by atoms with E-state index in [1.807, 2.05) is 101 Å². The summed E-state index contributed by atoms with van der Waals surface area (Å²) >= 11 is 0. The van der Waals surface area contributed by atoms with Gasteiger partial charge in [0.2, 0.25) is 0 Å². The number of hydrogen-bond donors (Lipinski definition) is 5. The molecule has 470 valence electrons. The Morgan fingerprint density at radius 3 is 1.24 bits per heavy atom. The average molecular weight is 1160 g/mol. The maximum atomic E-state index is 11.3. The maximum Gasteiger partial charge on any atom is 0.335 e. The molecule has 83 heavy (non-hydrogen) atoms. The minimum Gasteiger partial charge on any atom is -0.478 e. The lowest BCUT2D eigenvalue weighted by atomic mass is 9.80. The number of hydrogen-bond acceptors (Lipinski definition) is 16. The first-order valence-electron chi connectivity index (χ1n) is 28.8. The van der Waals surface area contributed by atoms with Crippen molar-refractivity contribution in [3.63, 3.8) is 0 Å². The monoisotopic (exact) mass is 1160 g/mol. The number of Topliss-reactive ketones (excluding diaryl/α,β-unsaturated/α-hetero) is 7. The minimum absolute atomic E-state index is 0.000000000000000666. The minimum atomic E-state index is -0.941. The number of aryl methyl sites for hydroxylation is 1. The van der Waals surface area contributed by atoms with E-state index >= 15 is 0 Å². The maximum absolute atomic E-state index is 11.3. The number of aliphatic hydroxyl groups is 1. The van der Waals surface area contributed by atoms with Crippen LogP contribution < -0.4 is 16.0 Å². The highest BCUT2D eigenvalue weighted by Gasteiger charge is 2.24. The van der Waals surface area contributed by atoms with Gasteiger partial charge in [-0.3, -0.25) is 48.3 Å². The molecule has 0 bridgehead atoms. The Labute approximate surface area is 501 Å². The van der Waals surface area contributed by atoms with Gasteiger partial charge < -0.3 is 31.1 Å². The fraction of sp³-hybridized carbons (Fsp3) is 0.606. The number of aromatic carboxylic acids is 1. The molecule has 0 amide bonds. The highest BCUT2D eigenvalue weighted by Crippen LogP contribution is 2.30. The number of benzene rings is 3. The first-order chi connectivity index (χ1) is 38.6. The first-order valence-corrected chi connectivity index (χ1v) is 28.8. The molecule has 1 aliphatic rings. The molecule has 0 saturated heterocycles. The van der Waals surface area contributed by atoms with E-state index in [-0.39, 0.29) is 82.3 Å². The van der Waals surface area contributed by atoms with Crippen LogP contribution in [0.25, 0.3) is 0 Å². The smallest absolute Gasteiger partial charge is 0.335 e. The predicted octanol–water partition coefficient (Wildman–Crippen LogP) is 7.50. The molecule has 0 spiro atoms. The van der Waals surface area contributed by atoms with Gasteiger partial charge in [0.05, 0.1) is 54.5 Å². The number of ketones is 7. The summed E-state index contributed by atoms with van der Waals surface area (Å²) in [5.41, 5.74) is 4.89. The van der Waals surface area contributed by atoms with Crippen molar-refractivity contribution >= 4 is 46.5 Å².